The lowest BCUT2D eigenvalue weighted by atomic mass is 9.99. The number of halogens is 1. The number of piperazine rings is 1. The van der Waals surface area contributed by atoms with E-state index in [-0.39, 0.29) is 36.1 Å². The van der Waals surface area contributed by atoms with Crippen molar-refractivity contribution in [2.24, 2.45) is 4.99 Å². The van der Waals surface area contributed by atoms with E-state index in [2.05, 4.69) is 10.3 Å². The van der Waals surface area contributed by atoms with Crippen LogP contribution in [0, 0.1) is 0 Å². The van der Waals surface area contributed by atoms with Crippen LogP contribution in [0.25, 0.3) is 0 Å². The summed E-state index contributed by atoms with van der Waals surface area (Å²) in [6, 6.07) is 10.1. The smallest absolute Gasteiger partial charge is 0.328 e. The number of hydrogen-bond acceptors (Lipinski definition) is 7. The third-order valence-corrected chi connectivity index (χ3v) is 7.69. The second-order valence-electron chi connectivity index (χ2n) is 11.6. The predicted octanol–water partition coefficient (Wildman–Crippen LogP) is 3.98. The van der Waals surface area contributed by atoms with Gasteiger partial charge in [0, 0.05) is 23.0 Å². The molecule has 1 unspecified atom stereocenters. The van der Waals surface area contributed by atoms with Crippen LogP contribution in [0.4, 0.5) is 4.79 Å². The third kappa shape index (κ3) is 5.22. The minimum Gasteiger partial charge on any atom is -0.487 e. The van der Waals surface area contributed by atoms with E-state index in [1.807, 2.05) is 37.5 Å². The van der Waals surface area contributed by atoms with Crippen molar-refractivity contribution in [3.63, 3.8) is 0 Å². The number of Topliss-reactive ketones (excluding diaryl/α,β-unsaturated/α-hetero) is 1. The molecule has 0 bridgehead atoms. The fraction of sp³-hybridized carbons (Fsp3) is 0.333. The van der Waals surface area contributed by atoms with Crippen molar-refractivity contribution in [2.45, 2.75) is 51.0 Å². The van der Waals surface area contributed by atoms with E-state index < -0.39 is 48.1 Å². The highest BCUT2D eigenvalue weighted by molar-refractivity contribution is 6.30. The van der Waals surface area contributed by atoms with Crippen LogP contribution in [0.1, 0.15) is 72.8 Å². The average molecular weight is 605 g/mol. The number of hydrogen-bond donors (Lipinski definition) is 2. The third-order valence-electron chi connectivity index (χ3n) is 7.44. The Balaban J connectivity index is 1.55. The van der Waals surface area contributed by atoms with Crippen molar-refractivity contribution in [3.8, 4) is 5.75 Å². The van der Waals surface area contributed by atoms with Gasteiger partial charge in [0.15, 0.2) is 5.78 Å². The molecule has 222 valence electrons. The second-order valence-corrected chi connectivity index (χ2v) is 12.0. The van der Waals surface area contributed by atoms with Crippen LogP contribution in [0.3, 0.4) is 0 Å². The first-order chi connectivity index (χ1) is 20.4. The molecule has 1 fully saturated rings. The maximum Gasteiger partial charge on any atom is 0.328 e. The molecule has 3 amide bonds. The van der Waals surface area contributed by atoms with Crippen LogP contribution in [-0.4, -0.2) is 72.7 Å². The molecule has 2 aromatic carbocycles. The van der Waals surface area contributed by atoms with Gasteiger partial charge in [0.2, 0.25) is 5.91 Å². The van der Waals surface area contributed by atoms with Crippen LogP contribution < -0.4 is 10.1 Å². The number of nitrogens with zero attached hydrogens (tertiary/aromatic N) is 5. The van der Waals surface area contributed by atoms with Gasteiger partial charge in [-0.2, -0.15) is 0 Å². The lowest BCUT2D eigenvalue weighted by Gasteiger charge is -2.36. The van der Waals surface area contributed by atoms with E-state index >= 15 is 0 Å². The van der Waals surface area contributed by atoms with E-state index in [4.69, 9.17) is 21.3 Å². The molecule has 1 aromatic heterocycles. The molecule has 0 saturated carbocycles. The summed E-state index contributed by atoms with van der Waals surface area (Å²) >= 11 is 6.20. The number of imidazole rings is 1. The van der Waals surface area contributed by atoms with E-state index in [9.17, 15) is 24.3 Å². The molecule has 3 aromatic rings. The summed E-state index contributed by atoms with van der Waals surface area (Å²) in [6.07, 6.45) is 2.27. The van der Waals surface area contributed by atoms with Gasteiger partial charge < -0.3 is 19.7 Å². The summed E-state index contributed by atoms with van der Waals surface area (Å²) < 4.78 is 8.18. The number of carboxylic acids is 1. The number of ketones is 1. The van der Waals surface area contributed by atoms with Crippen molar-refractivity contribution in [1.29, 1.82) is 0 Å². The number of nitrogens with one attached hydrogen (secondary N) is 1. The molecule has 1 saturated heterocycles. The molecule has 13 heteroatoms. The SMILES string of the molecule is CC(C)(C)Oc1cc(C(=O)CC(=O)O)ccc1C1=N[C@@H](c2ccc(Cl)cc2)[C@H]2c3nccn3C3CNC(=O)CN3C(=O)N12. The summed E-state index contributed by atoms with van der Waals surface area (Å²) in [5, 5.41) is 12.6. The Morgan fingerprint density at radius 1 is 1.14 bits per heavy atom. The van der Waals surface area contributed by atoms with E-state index in [1.54, 1.807) is 35.5 Å². The first-order valence-corrected chi connectivity index (χ1v) is 14.1. The predicted molar refractivity (Wildman–Crippen MR) is 155 cm³/mol. The molecule has 6 rings (SSSR count). The van der Waals surface area contributed by atoms with Gasteiger partial charge in [0.1, 0.15) is 54.2 Å². The van der Waals surface area contributed by atoms with Crippen molar-refractivity contribution in [2.75, 3.05) is 13.1 Å². The fourth-order valence-electron chi connectivity index (χ4n) is 5.67. The number of carboxylic acid groups (broad SMARTS) is 1. The number of ether oxygens (including phenoxy) is 1. The first-order valence-electron chi connectivity index (χ1n) is 13.7. The van der Waals surface area contributed by atoms with Gasteiger partial charge in [-0.15, -0.1) is 0 Å². The number of aliphatic imine (C=N–C) groups is 1. The summed E-state index contributed by atoms with van der Waals surface area (Å²) in [7, 11) is 0. The van der Waals surface area contributed by atoms with Gasteiger partial charge in [-0.1, -0.05) is 29.8 Å². The number of carbonyl (C=O) groups is 4. The van der Waals surface area contributed by atoms with E-state index in [1.165, 1.54) is 17.0 Å². The number of amides is 3. The van der Waals surface area contributed by atoms with Gasteiger partial charge in [0.05, 0.1) is 12.1 Å². The number of rotatable bonds is 6. The topological polar surface area (TPSA) is 146 Å². The number of aromatic nitrogens is 2. The Hall–Kier alpha value is -4.71. The molecular formula is C30H29ClN6O6. The van der Waals surface area contributed by atoms with Crippen molar-refractivity contribution in [3.05, 3.63) is 82.4 Å². The maximum absolute atomic E-state index is 14.4. The standard InChI is InChI=1S/C30H29ClN6O6/c1-30(2,3)43-21-12-17(20(38)13-24(40)41)6-9-19(21)27-34-25(16-4-7-18(31)8-5-16)26-28-32-10-11-35(28)23-14-33-22(39)15-36(23)29(42)37(26)27/h4-12,23,25-26H,13-15H2,1-3H3,(H,33,39)(H,40,41)/t23?,25-,26-/m0/s1. The Labute approximate surface area is 251 Å². The maximum atomic E-state index is 14.4. The summed E-state index contributed by atoms with van der Waals surface area (Å²) in [5.74, 6) is -0.999. The molecule has 4 heterocycles. The van der Waals surface area contributed by atoms with Gasteiger partial charge in [-0.3, -0.25) is 29.2 Å². The van der Waals surface area contributed by atoms with Crippen LogP contribution in [0.2, 0.25) is 5.02 Å². The lowest BCUT2D eigenvalue weighted by molar-refractivity contribution is -0.136. The van der Waals surface area contributed by atoms with Crippen molar-refractivity contribution in [1.82, 2.24) is 24.7 Å². The number of fused-ring (bicyclic) bond motifs is 5. The molecule has 2 N–H and O–H groups in total. The van der Waals surface area contributed by atoms with Crippen molar-refractivity contribution < 1.29 is 29.0 Å². The first kappa shape index (κ1) is 28.4. The van der Waals surface area contributed by atoms with Crippen LogP contribution in [0.15, 0.2) is 59.9 Å². The van der Waals surface area contributed by atoms with Gasteiger partial charge >= 0.3 is 12.0 Å². The van der Waals surface area contributed by atoms with Crippen molar-refractivity contribution >= 4 is 41.1 Å². The number of amidine groups is 1. The quantitative estimate of drug-likeness (QED) is 0.320. The van der Waals surface area contributed by atoms with Gasteiger partial charge in [-0.25, -0.2) is 9.78 Å². The lowest BCUT2D eigenvalue weighted by Crippen LogP contribution is -2.56. The fourth-order valence-corrected chi connectivity index (χ4v) is 5.80. The van der Waals surface area contributed by atoms with E-state index in [0.717, 1.165) is 5.56 Å². The molecule has 0 radical (unpaired) electrons. The summed E-state index contributed by atoms with van der Waals surface area (Å²) in [5.41, 5.74) is 0.652. The van der Waals surface area contributed by atoms with Gasteiger partial charge in [-0.05, 0) is 50.6 Å². The monoisotopic (exact) mass is 604 g/mol. The minimum atomic E-state index is -1.24. The molecule has 43 heavy (non-hydrogen) atoms. The highest BCUT2D eigenvalue weighted by Crippen LogP contribution is 2.47. The average Bonchev–Trinajstić information content (AvgIpc) is 3.55. The molecule has 3 aliphatic heterocycles. The largest absolute Gasteiger partial charge is 0.487 e. The highest BCUT2D eigenvalue weighted by Gasteiger charge is 2.51. The van der Waals surface area contributed by atoms with Crippen LogP contribution >= 0.6 is 11.6 Å². The number of aliphatic carboxylic acids is 1. The summed E-state index contributed by atoms with van der Waals surface area (Å²) in [6.45, 7) is 5.57. The van der Waals surface area contributed by atoms with Gasteiger partial charge in [0.25, 0.3) is 0 Å². The van der Waals surface area contributed by atoms with Crippen LogP contribution in [0.5, 0.6) is 5.75 Å². The minimum absolute atomic E-state index is 0.153. The van der Waals surface area contributed by atoms with E-state index in [0.29, 0.717) is 16.4 Å². The zero-order chi connectivity index (χ0) is 30.6. The zero-order valence-corrected chi connectivity index (χ0v) is 24.4. The molecule has 0 aliphatic carbocycles. The molecular weight excluding hydrogens is 576 g/mol. The Morgan fingerprint density at radius 3 is 2.58 bits per heavy atom. The van der Waals surface area contributed by atoms with Crippen LogP contribution in [-0.2, 0) is 9.59 Å². The zero-order valence-electron chi connectivity index (χ0n) is 23.7. The molecule has 12 nitrogen and oxygen atoms in total. The second kappa shape index (κ2) is 10.5. The Bertz CT molecular complexity index is 1680. The summed E-state index contributed by atoms with van der Waals surface area (Å²) in [4.78, 5) is 63.7. The number of carbonyl (C=O) groups excluding carboxylic acids is 3. The normalized spacial score (nSPS) is 21.3. The number of urea groups is 1. The molecule has 0 spiro atoms. The molecule has 3 aliphatic rings. The Kier molecular flexibility index (Phi) is 6.96. The Morgan fingerprint density at radius 2 is 1.88 bits per heavy atom. The highest BCUT2D eigenvalue weighted by atomic mass is 35.5. The molecule has 3 atom stereocenters. The number of benzene rings is 2.